The third-order valence-corrected chi connectivity index (χ3v) is 3.76. The summed E-state index contributed by atoms with van der Waals surface area (Å²) in [6.45, 7) is 1.25. The zero-order valence-electron chi connectivity index (χ0n) is 12.2. The van der Waals surface area contributed by atoms with Crippen molar-refractivity contribution < 1.29 is 14.3 Å². The number of benzene rings is 2. The molecule has 1 atom stereocenters. The standard InChI is InChI=1S/C17H18N2O3/c20-16-10-13(11-19-16)17(21)18-8-9-22-15-7-3-5-12-4-1-2-6-14(12)15/h1-7,13H,8-11H2,(H,18,21)(H,19,20). The van der Waals surface area contributed by atoms with Crippen molar-refractivity contribution in [2.24, 2.45) is 5.92 Å². The van der Waals surface area contributed by atoms with E-state index < -0.39 is 0 Å². The number of amides is 2. The highest BCUT2D eigenvalue weighted by Gasteiger charge is 2.27. The van der Waals surface area contributed by atoms with Gasteiger partial charge in [0.15, 0.2) is 0 Å². The van der Waals surface area contributed by atoms with Gasteiger partial charge in [0, 0.05) is 18.4 Å². The molecule has 22 heavy (non-hydrogen) atoms. The van der Waals surface area contributed by atoms with Gasteiger partial charge in [-0.2, -0.15) is 0 Å². The molecule has 1 saturated heterocycles. The van der Waals surface area contributed by atoms with E-state index in [1.807, 2.05) is 42.5 Å². The molecule has 0 radical (unpaired) electrons. The summed E-state index contributed by atoms with van der Waals surface area (Å²) in [5.74, 6) is 0.391. The molecule has 2 aromatic carbocycles. The lowest BCUT2D eigenvalue weighted by Crippen LogP contribution is -2.34. The van der Waals surface area contributed by atoms with Gasteiger partial charge in [0.05, 0.1) is 12.5 Å². The van der Waals surface area contributed by atoms with Crippen LogP contribution in [0.1, 0.15) is 6.42 Å². The van der Waals surface area contributed by atoms with E-state index in [1.54, 1.807) is 0 Å². The lowest BCUT2D eigenvalue weighted by atomic mass is 10.1. The number of nitrogens with one attached hydrogen (secondary N) is 2. The summed E-state index contributed by atoms with van der Waals surface area (Å²) in [5, 5.41) is 7.65. The monoisotopic (exact) mass is 298 g/mol. The predicted octanol–water partition coefficient (Wildman–Crippen LogP) is 1.47. The first kappa shape index (κ1) is 14.4. The number of hydrogen-bond donors (Lipinski definition) is 2. The van der Waals surface area contributed by atoms with Crippen LogP contribution < -0.4 is 15.4 Å². The molecule has 1 fully saturated rings. The normalized spacial score (nSPS) is 17.3. The van der Waals surface area contributed by atoms with Crippen LogP contribution in [-0.4, -0.2) is 31.5 Å². The number of carbonyl (C=O) groups is 2. The molecule has 0 aromatic heterocycles. The van der Waals surface area contributed by atoms with E-state index in [2.05, 4.69) is 10.6 Å². The van der Waals surface area contributed by atoms with Gasteiger partial charge < -0.3 is 15.4 Å². The minimum absolute atomic E-state index is 0.0628. The van der Waals surface area contributed by atoms with Crippen molar-refractivity contribution in [3.05, 3.63) is 42.5 Å². The molecule has 1 heterocycles. The molecular formula is C17H18N2O3. The molecule has 2 amide bonds. The average Bonchev–Trinajstić information content (AvgIpc) is 2.98. The maximum atomic E-state index is 11.9. The Kier molecular flexibility index (Phi) is 4.23. The summed E-state index contributed by atoms with van der Waals surface area (Å²) in [6, 6.07) is 13.9. The molecule has 0 spiro atoms. The summed E-state index contributed by atoms with van der Waals surface area (Å²) in [5.41, 5.74) is 0. The van der Waals surface area contributed by atoms with Crippen molar-refractivity contribution in [3.63, 3.8) is 0 Å². The molecule has 0 aliphatic carbocycles. The van der Waals surface area contributed by atoms with E-state index in [4.69, 9.17) is 4.74 Å². The highest BCUT2D eigenvalue weighted by molar-refractivity contribution is 5.89. The van der Waals surface area contributed by atoms with Crippen LogP contribution in [-0.2, 0) is 9.59 Å². The first-order valence-corrected chi connectivity index (χ1v) is 7.39. The van der Waals surface area contributed by atoms with Crippen LogP contribution in [0.3, 0.4) is 0 Å². The predicted molar refractivity (Wildman–Crippen MR) is 83.6 cm³/mol. The zero-order chi connectivity index (χ0) is 15.4. The highest BCUT2D eigenvalue weighted by Crippen LogP contribution is 2.24. The Balaban J connectivity index is 1.50. The van der Waals surface area contributed by atoms with Crippen molar-refractivity contribution in [2.45, 2.75) is 6.42 Å². The summed E-state index contributed by atoms with van der Waals surface area (Å²) in [7, 11) is 0. The minimum atomic E-state index is -0.259. The number of fused-ring (bicyclic) bond motifs is 1. The molecule has 2 N–H and O–H groups in total. The molecule has 5 heteroatoms. The van der Waals surface area contributed by atoms with Gasteiger partial charge >= 0.3 is 0 Å². The summed E-state index contributed by atoms with van der Waals surface area (Å²) >= 11 is 0. The van der Waals surface area contributed by atoms with Gasteiger partial charge in [0.2, 0.25) is 11.8 Å². The van der Waals surface area contributed by atoms with Crippen LogP contribution in [0, 0.1) is 5.92 Å². The fourth-order valence-corrected chi connectivity index (χ4v) is 2.59. The van der Waals surface area contributed by atoms with Crippen LogP contribution in [0.4, 0.5) is 0 Å². The summed E-state index contributed by atoms with van der Waals surface area (Å²) in [4.78, 5) is 22.9. The fraction of sp³-hybridized carbons (Fsp3) is 0.294. The van der Waals surface area contributed by atoms with Gasteiger partial charge in [-0.1, -0.05) is 36.4 Å². The second kappa shape index (κ2) is 6.47. The topological polar surface area (TPSA) is 67.4 Å². The van der Waals surface area contributed by atoms with E-state index in [0.717, 1.165) is 16.5 Å². The van der Waals surface area contributed by atoms with Gasteiger partial charge in [-0.3, -0.25) is 9.59 Å². The van der Waals surface area contributed by atoms with Gasteiger partial charge in [-0.15, -0.1) is 0 Å². The molecule has 5 nitrogen and oxygen atoms in total. The number of carbonyl (C=O) groups excluding carboxylic acids is 2. The van der Waals surface area contributed by atoms with Crippen LogP contribution in [0.2, 0.25) is 0 Å². The molecular weight excluding hydrogens is 280 g/mol. The van der Waals surface area contributed by atoms with Crippen LogP contribution >= 0.6 is 0 Å². The first-order valence-electron chi connectivity index (χ1n) is 7.39. The quantitative estimate of drug-likeness (QED) is 0.822. The van der Waals surface area contributed by atoms with Gasteiger partial charge in [0.25, 0.3) is 0 Å². The molecule has 0 bridgehead atoms. The maximum Gasteiger partial charge on any atom is 0.225 e. The van der Waals surface area contributed by atoms with Crippen molar-refractivity contribution in [1.29, 1.82) is 0 Å². The molecule has 1 aliphatic heterocycles. The van der Waals surface area contributed by atoms with E-state index in [0.29, 0.717) is 19.7 Å². The van der Waals surface area contributed by atoms with Gasteiger partial charge in [-0.05, 0) is 11.5 Å². The largest absolute Gasteiger partial charge is 0.491 e. The molecule has 1 aliphatic rings. The van der Waals surface area contributed by atoms with E-state index >= 15 is 0 Å². The Morgan fingerprint density at radius 2 is 2.05 bits per heavy atom. The smallest absolute Gasteiger partial charge is 0.225 e. The summed E-state index contributed by atoms with van der Waals surface area (Å²) < 4.78 is 5.76. The third-order valence-electron chi connectivity index (χ3n) is 3.76. The molecule has 114 valence electrons. The Bertz CT molecular complexity index is 694. The molecule has 2 aromatic rings. The zero-order valence-corrected chi connectivity index (χ0v) is 12.2. The number of hydrogen-bond acceptors (Lipinski definition) is 3. The fourth-order valence-electron chi connectivity index (χ4n) is 2.59. The SMILES string of the molecule is O=C1CC(C(=O)NCCOc2cccc3ccccc23)CN1. The maximum absolute atomic E-state index is 11.9. The van der Waals surface area contributed by atoms with Crippen LogP contribution in [0.5, 0.6) is 5.75 Å². The Morgan fingerprint density at radius 3 is 2.86 bits per heavy atom. The molecule has 3 rings (SSSR count). The Hall–Kier alpha value is -2.56. The van der Waals surface area contributed by atoms with Crippen LogP contribution in [0.15, 0.2) is 42.5 Å². The van der Waals surface area contributed by atoms with Gasteiger partial charge in [-0.25, -0.2) is 0 Å². The van der Waals surface area contributed by atoms with E-state index in [9.17, 15) is 9.59 Å². The van der Waals surface area contributed by atoms with Crippen molar-refractivity contribution in [2.75, 3.05) is 19.7 Å². The number of rotatable bonds is 5. The highest BCUT2D eigenvalue weighted by atomic mass is 16.5. The van der Waals surface area contributed by atoms with Crippen molar-refractivity contribution in [3.8, 4) is 5.75 Å². The Labute approximate surface area is 128 Å². The average molecular weight is 298 g/mol. The van der Waals surface area contributed by atoms with Crippen molar-refractivity contribution in [1.82, 2.24) is 10.6 Å². The third kappa shape index (κ3) is 3.19. The second-order valence-electron chi connectivity index (χ2n) is 5.32. The number of ether oxygens (including phenoxy) is 1. The first-order chi connectivity index (χ1) is 10.7. The second-order valence-corrected chi connectivity index (χ2v) is 5.32. The summed E-state index contributed by atoms with van der Waals surface area (Å²) in [6.07, 6.45) is 0.274. The Morgan fingerprint density at radius 1 is 1.23 bits per heavy atom. The lowest BCUT2D eigenvalue weighted by molar-refractivity contribution is -0.126. The molecule has 1 unspecified atom stereocenters. The van der Waals surface area contributed by atoms with E-state index in [1.165, 1.54) is 0 Å². The van der Waals surface area contributed by atoms with Crippen molar-refractivity contribution >= 4 is 22.6 Å². The molecule has 0 saturated carbocycles. The lowest BCUT2D eigenvalue weighted by Gasteiger charge is -2.11. The minimum Gasteiger partial charge on any atom is -0.491 e. The van der Waals surface area contributed by atoms with Crippen LogP contribution in [0.25, 0.3) is 10.8 Å². The van der Waals surface area contributed by atoms with Gasteiger partial charge in [0.1, 0.15) is 12.4 Å². The van der Waals surface area contributed by atoms with E-state index in [-0.39, 0.29) is 24.2 Å².